The Morgan fingerprint density at radius 2 is 1.56 bits per heavy atom. The lowest BCUT2D eigenvalue weighted by Crippen LogP contribution is -2.33. The normalized spacial score (nSPS) is 11.3. The van der Waals surface area contributed by atoms with E-state index in [1.54, 1.807) is 23.1 Å². The summed E-state index contributed by atoms with van der Waals surface area (Å²) in [4.78, 5) is 14.8. The van der Waals surface area contributed by atoms with Gasteiger partial charge < -0.3 is 4.90 Å². The quantitative estimate of drug-likeness (QED) is 0.730. The Hall–Kier alpha value is -2.34. The van der Waals surface area contributed by atoms with Crippen LogP contribution >= 0.6 is 0 Å². The van der Waals surface area contributed by atoms with Gasteiger partial charge in [-0.15, -0.1) is 0 Å². The van der Waals surface area contributed by atoms with Crippen molar-refractivity contribution in [1.82, 2.24) is 4.90 Å². The van der Waals surface area contributed by atoms with E-state index in [1.165, 1.54) is 12.1 Å². The number of nitrogens with one attached hydrogen (secondary N) is 1. The van der Waals surface area contributed by atoms with Crippen molar-refractivity contribution in [2.45, 2.75) is 45.4 Å². The van der Waals surface area contributed by atoms with Gasteiger partial charge in [0.15, 0.2) is 0 Å². The van der Waals surface area contributed by atoms with E-state index in [0.29, 0.717) is 24.3 Å². The third kappa shape index (κ3) is 5.32. The van der Waals surface area contributed by atoms with Gasteiger partial charge in [0.2, 0.25) is 0 Å². The molecule has 0 spiro atoms. The summed E-state index contributed by atoms with van der Waals surface area (Å²) in [6.45, 7) is 9.13. The van der Waals surface area contributed by atoms with E-state index in [9.17, 15) is 13.2 Å². The van der Waals surface area contributed by atoms with Crippen LogP contribution in [0.3, 0.4) is 0 Å². The van der Waals surface area contributed by atoms with Gasteiger partial charge in [-0.3, -0.25) is 9.52 Å². The lowest BCUT2D eigenvalue weighted by molar-refractivity contribution is 0.0754. The van der Waals surface area contributed by atoms with Gasteiger partial charge in [-0.25, -0.2) is 8.42 Å². The first kappa shape index (κ1) is 21.0. The number of hydrogen-bond acceptors (Lipinski definition) is 3. The fourth-order valence-electron chi connectivity index (χ4n) is 2.86. The van der Waals surface area contributed by atoms with Crippen molar-refractivity contribution in [1.29, 1.82) is 0 Å². The Kier molecular flexibility index (Phi) is 7.02. The molecule has 0 aliphatic carbocycles. The number of amides is 1. The molecule has 27 heavy (non-hydrogen) atoms. The second-order valence-corrected chi connectivity index (χ2v) is 8.42. The highest BCUT2D eigenvalue weighted by Crippen LogP contribution is 2.21. The second kappa shape index (κ2) is 9.04. The number of hydrogen-bond donors (Lipinski definition) is 1. The summed E-state index contributed by atoms with van der Waals surface area (Å²) in [6.07, 6.45) is 1.72. The predicted octanol–water partition coefficient (Wildman–Crippen LogP) is 4.37. The first-order chi connectivity index (χ1) is 12.8. The number of benzene rings is 2. The van der Waals surface area contributed by atoms with Crippen LogP contribution in [0.25, 0.3) is 0 Å². The molecule has 0 atom stereocenters. The molecule has 0 saturated carbocycles. The fourth-order valence-corrected chi connectivity index (χ4v) is 3.94. The Bertz CT molecular complexity index is 884. The molecule has 0 aliphatic heterocycles. The summed E-state index contributed by atoms with van der Waals surface area (Å²) < 4.78 is 28.1. The third-order valence-corrected chi connectivity index (χ3v) is 5.71. The Labute approximate surface area is 162 Å². The second-order valence-electron chi connectivity index (χ2n) is 6.74. The Morgan fingerprint density at radius 3 is 2.11 bits per heavy atom. The van der Waals surface area contributed by atoms with Gasteiger partial charge in [-0.1, -0.05) is 37.6 Å². The van der Waals surface area contributed by atoms with Crippen molar-refractivity contribution in [3.63, 3.8) is 0 Å². The van der Waals surface area contributed by atoms with Crippen LogP contribution in [-0.2, 0) is 10.0 Å². The first-order valence-electron chi connectivity index (χ1n) is 9.28. The molecule has 2 aromatic rings. The SMILES string of the molecule is CCCN(CCC)C(=O)c1cc(S(=O)(=O)Nc2ccc(C)cc2)ccc1C. The van der Waals surface area contributed by atoms with E-state index >= 15 is 0 Å². The maximum absolute atomic E-state index is 12.9. The van der Waals surface area contributed by atoms with E-state index in [1.807, 2.05) is 39.8 Å². The zero-order chi connectivity index (χ0) is 20.0. The maximum atomic E-state index is 12.9. The molecular weight excluding hydrogens is 360 g/mol. The van der Waals surface area contributed by atoms with Gasteiger partial charge in [0, 0.05) is 24.3 Å². The van der Waals surface area contributed by atoms with Crippen LogP contribution in [0.4, 0.5) is 5.69 Å². The zero-order valence-corrected chi connectivity index (χ0v) is 17.3. The summed E-state index contributed by atoms with van der Waals surface area (Å²) in [6, 6.07) is 11.8. The summed E-state index contributed by atoms with van der Waals surface area (Å²) in [7, 11) is -3.77. The van der Waals surface area contributed by atoms with Crippen molar-refractivity contribution >= 4 is 21.6 Å². The number of carbonyl (C=O) groups is 1. The summed E-state index contributed by atoms with van der Waals surface area (Å²) >= 11 is 0. The average Bonchev–Trinajstić information content (AvgIpc) is 2.63. The van der Waals surface area contributed by atoms with Crippen molar-refractivity contribution < 1.29 is 13.2 Å². The number of carbonyl (C=O) groups excluding carboxylic acids is 1. The zero-order valence-electron chi connectivity index (χ0n) is 16.5. The van der Waals surface area contributed by atoms with Crippen molar-refractivity contribution in [3.05, 3.63) is 59.2 Å². The lowest BCUT2D eigenvalue weighted by Gasteiger charge is -2.22. The number of rotatable bonds is 8. The minimum atomic E-state index is -3.77. The predicted molar refractivity (Wildman–Crippen MR) is 110 cm³/mol. The molecule has 5 nitrogen and oxygen atoms in total. The summed E-state index contributed by atoms with van der Waals surface area (Å²) in [5, 5.41) is 0. The highest BCUT2D eigenvalue weighted by Gasteiger charge is 2.21. The van der Waals surface area contributed by atoms with E-state index in [4.69, 9.17) is 0 Å². The molecule has 0 fully saturated rings. The number of anilines is 1. The molecule has 0 unspecified atom stereocenters. The maximum Gasteiger partial charge on any atom is 0.261 e. The molecule has 0 aliphatic rings. The van der Waals surface area contributed by atoms with Crippen LogP contribution < -0.4 is 4.72 Å². The van der Waals surface area contributed by atoms with E-state index in [0.717, 1.165) is 24.0 Å². The standard InChI is InChI=1S/C21H28N2O3S/c1-5-13-23(14-6-2)21(24)20-15-19(12-9-17(20)4)27(25,26)22-18-10-7-16(3)8-11-18/h7-12,15,22H,5-6,13-14H2,1-4H3. The van der Waals surface area contributed by atoms with Gasteiger partial charge >= 0.3 is 0 Å². The smallest absolute Gasteiger partial charge is 0.261 e. The molecule has 1 N–H and O–H groups in total. The molecular formula is C21H28N2O3S. The molecule has 0 bridgehead atoms. The van der Waals surface area contributed by atoms with Gasteiger partial charge in [-0.2, -0.15) is 0 Å². The molecule has 0 heterocycles. The highest BCUT2D eigenvalue weighted by molar-refractivity contribution is 7.92. The van der Waals surface area contributed by atoms with Crippen LogP contribution in [-0.4, -0.2) is 32.3 Å². The monoisotopic (exact) mass is 388 g/mol. The minimum absolute atomic E-state index is 0.0879. The summed E-state index contributed by atoms with van der Waals surface area (Å²) in [5.74, 6) is -0.122. The van der Waals surface area contributed by atoms with Crippen LogP contribution in [0, 0.1) is 13.8 Å². The Morgan fingerprint density at radius 1 is 0.963 bits per heavy atom. The third-order valence-electron chi connectivity index (χ3n) is 4.33. The molecule has 2 aromatic carbocycles. The topological polar surface area (TPSA) is 66.5 Å². The van der Waals surface area contributed by atoms with Gasteiger partial charge in [-0.05, 0) is 56.5 Å². The van der Waals surface area contributed by atoms with Crippen LogP contribution in [0.15, 0.2) is 47.4 Å². The molecule has 1 amide bonds. The molecule has 0 saturated heterocycles. The van der Waals surface area contributed by atoms with E-state index < -0.39 is 10.0 Å². The van der Waals surface area contributed by atoms with Gasteiger partial charge in [0.25, 0.3) is 15.9 Å². The molecule has 2 rings (SSSR count). The molecule has 6 heteroatoms. The van der Waals surface area contributed by atoms with Crippen LogP contribution in [0.5, 0.6) is 0 Å². The first-order valence-corrected chi connectivity index (χ1v) is 10.8. The van der Waals surface area contributed by atoms with E-state index in [2.05, 4.69) is 4.72 Å². The Balaban J connectivity index is 2.34. The molecule has 146 valence electrons. The largest absolute Gasteiger partial charge is 0.339 e. The number of nitrogens with zero attached hydrogens (tertiary/aromatic N) is 1. The number of aryl methyl sites for hydroxylation is 2. The summed E-state index contributed by atoms with van der Waals surface area (Å²) in [5.41, 5.74) is 2.75. The van der Waals surface area contributed by atoms with Crippen molar-refractivity contribution in [2.75, 3.05) is 17.8 Å². The highest BCUT2D eigenvalue weighted by atomic mass is 32.2. The van der Waals surface area contributed by atoms with Crippen LogP contribution in [0.2, 0.25) is 0 Å². The molecule has 0 aromatic heterocycles. The minimum Gasteiger partial charge on any atom is -0.339 e. The lowest BCUT2D eigenvalue weighted by atomic mass is 10.1. The van der Waals surface area contributed by atoms with Crippen molar-refractivity contribution in [3.8, 4) is 0 Å². The number of sulfonamides is 1. The van der Waals surface area contributed by atoms with Gasteiger partial charge in [0.05, 0.1) is 4.90 Å². The van der Waals surface area contributed by atoms with E-state index in [-0.39, 0.29) is 10.8 Å². The van der Waals surface area contributed by atoms with Crippen LogP contribution in [0.1, 0.15) is 48.2 Å². The van der Waals surface area contributed by atoms with Crippen molar-refractivity contribution in [2.24, 2.45) is 0 Å². The molecule has 0 radical (unpaired) electrons. The average molecular weight is 389 g/mol. The van der Waals surface area contributed by atoms with Gasteiger partial charge in [0.1, 0.15) is 0 Å². The fraction of sp³-hybridized carbons (Fsp3) is 0.381.